The fourth-order valence-electron chi connectivity index (χ4n) is 3.11. The van der Waals surface area contributed by atoms with E-state index in [9.17, 15) is 9.59 Å². The lowest BCUT2D eigenvalue weighted by atomic mass is 10.3. The van der Waals surface area contributed by atoms with E-state index in [1.807, 2.05) is 13.8 Å². The first kappa shape index (κ1) is 22.3. The first-order valence-corrected chi connectivity index (χ1v) is 10.6. The average Bonchev–Trinajstić information content (AvgIpc) is 3.23. The van der Waals surface area contributed by atoms with Crippen molar-refractivity contribution in [3.05, 3.63) is 82.0 Å². The number of benzene rings is 2. The summed E-state index contributed by atoms with van der Waals surface area (Å²) in [5, 5.41) is 3.35. The van der Waals surface area contributed by atoms with Crippen LogP contribution in [0.2, 0.25) is 5.02 Å². The highest BCUT2D eigenvalue weighted by Gasteiger charge is 2.11. The number of anilines is 1. The molecule has 0 spiro atoms. The molecule has 0 aliphatic rings. The summed E-state index contributed by atoms with van der Waals surface area (Å²) in [6.07, 6.45) is 1.59. The van der Waals surface area contributed by atoms with Crippen LogP contribution in [0.3, 0.4) is 0 Å². The van der Waals surface area contributed by atoms with E-state index in [0.717, 1.165) is 0 Å². The average molecular weight is 468 g/mol. The predicted octanol–water partition coefficient (Wildman–Crippen LogP) is 3.72. The molecule has 9 nitrogen and oxygen atoms in total. The van der Waals surface area contributed by atoms with Crippen LogP contribution in [-0.2, 0) is 11.4 Å². The van der Waals surface area contributed by atoms with Crippen LogP contribution in [0, 0.1) is 0 Å². The van der Waals surface area contributed by atoms with Crippen LogP contribution in [0.25, 0.3) is 5.78 Å². The van der Waals surface area contributed by atoms with Gasteiger partial charge in [0.1, 0.15) is 24.4 Å². The third-order valence-corrected chi connectivity index (χ3v) is 4.92. The van der Waals surface area contributed by atoms with E-state index < -0.39 is 0 Å². The van der Waals surface area contributed by atoms with Gasteiger partial charge >= 0.3 is 0 Å². The molecule has 0 unspecified atom stereocenters. The molecule has 2 aromatic heterocycles. The Morgan fingerprint density at radius 3 is 2.64 bits per heavy atom. The van der Waals surface area contributed by atoms with Gasteiger partial charge in [-0.15, -0.1) is 0 Å². The van der Waals surface area contributed by atoms with Gasteiger partial charge in [-0.05, 0) is 50.2 Å². The molecule has 170 valence electrons. The number of carbonyl (C=O) groups is 1. The minimum absolute atomic E-state index is 0.0751. The van der Waals surface area contributed by atoms with Gasteiger partial charge in [-0.2, -0.15) is 9.50 Å². The predicted molar refractivity (Wildman–Crippen MR) is 124 cm³/mol. The maximum Gasteiger partial charge on any atom is 0.274 e. The number of nitrogens with zero attached hydrogens (tertiary/aromatic N) is 4. The van der Waals surface area contributed by atoms with Gasteiger partial charge in [0.15, 0.2) is 6.61 Å². The Bertz CT molecular complexity index is 1330. The number of ether oxygens (including phenoxy) is 2. The summed E-state index contributed by atoms with van der Waals surface area (Å²) in [4.78, 5) is 33.3. The number of nitrogens with one attached hydrogen (secondary N) is 1. The lowest BCUT2D eigenvalue weighted by Gasteiger charge is -2.11. The number of carbonyl (C=O) groups excluding carboxylic acids is 1. The molecule has 10 heteroatoms. The standard InChI is InChI=1S/C23H22ClN5O4/c1-15(2)28-14-25-23-27-18(11-22(31)29(23)28)12-32-20-5-3-4-17(10-20)26-21(30)13-33-19-8-6-16(24)7-9-19/h3-11,14-15H,12-13H2,1-2H3,(H,26,30). The summed E-state index contributed by atoms with van der Waals surface area (Å²) in [5.41, 5.74) is 0.780. The maximum atomic E-state index is 12.5. The number of fused-ring (bicyclic) bond motifs is 1. The van der Waals surface area contributed by atoms with Crippen LogP contribution in [0.1, 0.15) is 25.6 Å². The Hall–Kier alpha value is -3.85. The van der Waals surface area contributed by atoms with Gasteiger partial charge in [-0.1, -0.05) is 17.7 Å². The maximum absolute atomic E-state index is 12.5. The van der Waals surface area contributed by atoms with E-state index >= 15 is 0 Å². The van der Waals surface area contributed by atoms with Gasteiger partial charge in [0, 0.05) is 28.9 Å². The van der Waals surface area contributed by atoms with Crippen LogP contribution in [0.15, 0.2) is 65.7 Å². The van der Waals surface area contributed by atoms with Crippen molar-refractivity contribution in [2.24, 2.45) is 0 Å². The summed E-state index contributed by atoms with van der Waals surface area (Å²) < 4.78 is 14.4. The van der Waals surface area contributed by atoms with Crippen LogP contribution < -0.4 is 20.3 Å². The smallest absolute Gasteiger partial charge is 0.274 e. The van der Waals surface area contributed by atoms with Gasteiger partial charge in [-0.25, -0.2) is 4.98 Å². The highest BCUT2D eigenvalue weighted by molar-refractivity contribution is 6.30. The summed E-state index contributed by atoms with van der Waals surface area (Å²) in [7, 11) is 0. The molecule has 0 saturated heterocycles. The van der Waals surface area contributed by atoms with Gasteiger partial charge in [0.25, 0.3) is 17.2 Å². The third-order valence-electron chi connectivity index (χ3n) is 4.67. The minimum atomic E-state index is -0.317. The number of amides is 1. The van der Waals surface area contributed by atoms with Crippen molar-refractivity contribution in [2.45, 2.75) is 26.5 Å². The Kier molecular flexibility index (Phi) is 6.60. The van der Waals surface area contributed by atoms with Crippen LogP contribution in [-0.4, -0.2) is 31.7 Å². The second kappa shape index (κ2) is 9.74. The van der Waals surface area contributed by atoms with Crippen molar-refractivity contribution in [1.82, 2.24) is 19.2 Å². The molecule has 2 heterocycles. The fraction of sp³-hybridized carbons (Fsp3) is 0.217. The van der Waals surface area contributed by atoms with Crippen molar-refractivity contribution in [1.29, 1.82) is 0 Å². The van der Waals surface area contributed by atoms with Crippen LogP contribution in [0.4, 0.5) is 5.69 Å². The fourth-order valence-corrected chi connectivity index (χ4v) is 3.24. The van der Waals surface area contributed by atoms with Crippen LogP contribution in [0.5, 0.6) is 11.5 Å². The van der Waals surface area contributed by atoms with Crippen LogP contribution >= 0.6 is 11.6 Å². The van der Waals surface area contributed by atoms with Gasteiger partial charge in [0.2, 0.25) is 0 Å². The number of halogens is 1. The van der Waals surface area contributed by atoms with E-state index in [4.69, 9.17) is 21.1 Å². The summed E-state index contributed by atoms with van der Waals surface area (Å²) in [6.45, 7) is 3.85. The molecule has 0 aliphatic heterocycles. The van der Waals surface area contributed by atoms with E-state index in [1.165, 1.54) is 10.6 Å². The molecule has 0 atom stereocenters. The molecular formula is C23H22ClN5O4. The Morgan fingerprint density at radius 1 is 1.09 bits per heavy atom. The van der Waals surface area contributed by atoms with Crippen molar-refractivity contribution >= 4 is 29.0 Å². The van der Waals surface area contributed by atoms with Crippen molar-refractivity contribution < 1.29 is 14.3 Å². The Balaban J connectivity index is 1.36. The quantitative estimate of drug-likeness (QED) is 0.424. The molecule has 2 aromatic carbocycles. The second-order valence-electron chi connectivity index (χ2n) is 7.52. The molecule has 0 bridgehead atoms. The molecule has 4 aromatic rings. The number of aromatic nitrogens is 4. The molecule has 0 radical (unpaired) electrons. The lowest BCUT2D eigenvalue weighted by Crippen LogP contribution is -2.23. The number of rotatable bonds is 8. The normalized spacial score (nSPS) is 11.0. The zero-order valence-electron chi connectivity index (χ0n) is 18.1. The molecule has 1 amide bonds. The van der Waals surface area contributed by atoms with Crippen molar-refractivity contribution in [3.8, 4) is 11.5 Å². The monoisotopic (exact) mass is 467 g/mol. The molecule has 1 N–H and O–H groups in total. The third kappa shape index (κ3) is 5.50. The van der Waals surface area contributed by atoms with E-state index in [0.29, 0.717) is 33.7 Å². The molecule has 0 aliphatic carbocycles. The molecular weight excluding hydrogens is 446 g/mol. The Labute approximate surface area is 194 Å². The van der Waals surface area contributed by atoms with E-state index in [1.54, 1.807) is 59.5 Å². The topological polar surface area (TPSA) is 99.8 Å². The molecule has 0 saturated carbocycles. The highest BCUT2D eigenvalue weighted by atomic mass is 35.5. The molecule has 0 fully saturated rings. The highest BCUT2D eigenvalue weighted by Crippen LogP contribution is 2.19. The summed E-state index contributed by atoms with van der Waals surface area (Å²) in [6, 6.07) is 15.2. The van der Waals surface area contributed by atoms with E-state index in [-0.39, 0.29) is 30.7 Å². The SMILES string of the molecule is CC(C)n1cnc2nc(COc3cccc(NC(=O)COc4ccc(Cl)cc4)c3)cc(=O)n21. The van der Waals surface area contributed by atoms with Gasteiger partial charge in [-0.3, -0.25) is 14.3 Å². The lowest BCUT2D eigenvalue weighted by molar-refractivity contribution is -0.118. The zero-order valence-corrected chi connectivity index (χ0v) is 18.8. The van der Waals surface area contributed by atoms with Gasteiger partial charge < -0.3 is 14.8 Å². The van der Waals surface area contributed by atoms with Crippen molar-refractivity contribution in [2.75, 3.05) is 11.9 Å². The van der Waals surface area contributed by atoms with Crippen molar-refractivity contribution in [3.63, 3.8) is 0 Å². The first-order valence-electron chi connectivity index (χ1n) is 10.3. The van der Waals surface area contributed by atoms with Gasteiger partial charge in [0.05, 0.1) is 5.69 Å². The number of hydrogen-bond acceptors (Lipinski definition) is 6. The minimum Gasteiger partial charge on any atom is -0.487 e. The zero-order chi connectivity index (χ0) is 23.4. The Morgan fingerprint density at radius 2 is 1.88 bits per heavy atom. The van der Waals surface area contributed by atoms with E-state index in [2.05, 4.69) is 15.3 Å². The second-order valence-corrected chi connectivity index (χ2v) is 7.96. The summed E-state index contributed by atoms with van der Waals surface area (Å²) >= 11 is 5.84. The largest absolute Gasteiger partial charge is 0.487 e. The molecule has 33 heavy (non-hydrogen) atoms. The number of hydrogen-bond donors (Lipinski definition) is 1. The summed E-state index contributed by atoms with van der Waals surface area (Å²) in [5.74, 6) is 1.06. The first-order chi connectivity index (χ1) is 15.9. The molecule has 4 rings (SSSR count).